The number of thioether (sulfide) groups is 1. The van der Waals surface area contributed by atoms with E-state index in [-0.39, 0.29) is 0 Å². The van der Waals surface area contributed by atoms with E-state index in [9.17, 15) is 5.26 Å². The van der Waals surface area contributed by atoms with Crippen molar-refractivity contribution in [2.45, 2.75) is 18.9 Å². The molecule has 0 atom stereocenters. The van der Waals surface area contributed by atoms with Gasteiger partial charge in [-0.3, -0.25) is 0 Å². The Bertz CT molecular complexity index is 645. The summed E-state index contributed by atoms with van der Waals surface area (Å²) in [4.78, 5) is 4.47. The van der Waals surface area contributed by atoms with E-state index in [1.807, 2.05) is 37.3 Å². The van der Waals surface area contributed by atoms with E-state index < -0.39 is 0 Å². The molecule has 0 saturated carbocycles. The Morgan fingerprint density at radius 1 is 1.30 bits per heavy atom. The fourth-order valence-electron chi connectivity index (χ4n) is 1.99. The highest BCUT2D eigenvalue weighted by Gasteiger charge is 2.13. The van der Waals surface area contributed by atoms with Gasteiger partial charge in [0.15, 0.2) is 0 Å². The number of pyridine rings is 1. The van der Waals surface area contributed by atoms with Crippen LogP contribution < -0.4 is 4.74 Å². The van der Waals surface area contributed by atoms with E-state index in [4.69, 9.17) is 4.74 Å². The number of ether oxygens (including phenoxy) is 1. The minimum atomic E-state index is 0.646. The number of hydrogen-bond donors (Lipinski definition) is 0. The molecule has 20 heavy (non-hydrogen) atoms. The van der Waals surface area contributed by atoms with Crippen LogP contribution in [-0.4, -0.2) is 17.8 Å². The highest BCUT2D eigenvalue weighted by Crippen LogP contribution is 2.31. The van der Waals surface area contributed by atoms with Crippen LogP contribution in [0.2, 0.25) is 0 Å². The molecule has 0 radical (unpaired) electrons. The first-order chi connectivity index (χ1) is 9.69. The monoisotopic (exact) mass is 284 g/mol. The lowest BCUT2D eigenvalue weighted by molar-refractivity contribution is 0.415. The van der Waals surface area contributed by atoms with Crippen molar-refractivity contribution in [3.63, 3.8) is 0 Å². The van der Waals surface area contributed by atoms with Crippen LogP contribution in [0.25, 0.3) is 11.1 Å². The number of methoxy groups -OCH3 is 1. The summed E-state index contributed by atoms with van der Waals surface area (Å²) in [5.74, 6) is 1.70. The van der Waals surface area contributed by atoms with Crippen LogP contribution in [0.5, 0.6) is 5.75 Å². The average molecular weight is 284 g/mol. The summed E-state index contributed by atoms with van der Waals surface area (Å²) in [6, 6.07) is 12.0. The van der Waals surface area contributed by atoms with Crippen molar-refractivity contribution in [3.8, 4) is 22.9 Å². The maximum atomic E-state index is 9.45. The predicted octanol–water partition coefficient (Wildman–Crippen LogP) is 4.05. The fraction of sp³-hybridized carbons (Fsp3) is 0.250. The van der Waals surface area contributed by atoms with E-state index in [1.54, 1.807) is 18.9 Å². The second-order valence-corrected chi connectivity index (χ2v) is 5.52. The normalized spacial score (nSPS) is 10.1. The first-order valence-corrected chi connectivity index (χ1v) is 7.37. The topological polar surface area (TPSA) is 45.9 Å². The third-order valence-corrected chi connectivity index (χ3v) is 3.77. The first kappa shape index (κ1) is 14.4. The molecule has 0 bridgehead atoms. The summed E-state index contributed by atoms with van der Waals surface area (Å²) < 4.78 is 5.17. The van der Waals surface area contributed by atoms with Gasteiger partial charge in [0.2, 0.25) is 0 Å². The third kappa shape index (κ3) is 2.94. The quantitative estimate of drug-likeness (QED) is 0.795. The van der Waals surface area contributed by atoms with E-state index in [0.717, 1.165) is 33.3 Å². The molecule has 0 aliphatic heterocycles. The standard InChI is InChI=1S/C16H16N2OS/c1-4-20-16-15(10-17)14(9-11(2)18-16)12-5-7-13(19-3)8-6-12/h5-9H,4H2,1-3H3. The van der Waals surface area contributed by atoms with Crippen molar-refractivity contribution in [2.75, 3.05) is 12.9 Å². The molecule has 0 aliphatic rings. The number of aryl methyl sites for hydroxylation is 1. The van der Waals surface area contributed by atoms with Crippen molar-refractivity contribution < 1.29 is 4.74 Å². The van der Waals surface area contributed by atoms with E-state index in [2.05, 4.69) is 18.0 Å². The molecule has 1 aromatic heterocycles. The summed E-state index contributed by atoms with van der Waals surface area (Å²) in [6.45, 7) is 4.01. The average Bonchev–Trinajstić information content (AvgIpc) is 2.47. The van der Waals surface area contributed by atoms with Gasteiger partial charge < -0.3 is 4.74 Å². The van der Waals surface area contributed by atoms with Crippen molar-refractivity contribution in [2.24, 2.45) is 0 Å². The zero-order valence-electron chi connectivity index (χ0n) is 11.8. The number of nitriles is 1. The molecular weight excluding hydrogens is 268 g/mol. The van der Waals surface area contributed by atoms with Crippen LogP contribution in [0.4, 0.5) is 0 Å². The Kier molecular flexibility index (Phi) is 4.65. The van der Waals surface area contributed by atoms with Gasteiger partial charge in [0.05, 0.1) is 12.7 Å². The minimum absolute atomic E-state index is 0.646. The fourth-order valence-corrected chi connectivity index (χ4v) is 2.77. The van der Waals surface area contributed by atoms with Gasteiger partial charge in [-0.05, 0) is 36.4 Å². The molecule has 0 aliphatic carbocycles. The lowest BCUT2D eigenvalue weighted by atomic mass is 10.0. The number of aromatic nitrogens is 1. The van der Waals surface area contributed by atoms with Gasteiger partial charge in [0.25, 0.3) is 0 Å². The summed E-state index contributed by atoms with van der Waals surface area (Å²) in [5, 5.41) is 10.3. The Labute approximate surface area is 123 Å². The number of hydrogen-bond acceptors (Lipinski definition) is 4. The molecule has 2 aromatic rings. The van der Waals surface area contributed by atoms with Crippen molar-refractivity contribution in [3.05, 3.63) is 41.6 Å². The van der Waals surface area contributed by atoms with Crippen LogP contribution in [0, 0.1) is 18.3 Å². The molecule has 3 nitrogen and oxygen atoms in total. The Hall–Kier alpha value is -1.99. The lowest BCUT2D eigenvalue weighted by Gasteiger charge is -2.10. The highest BCUT2D eigenvalue weighted by molar-refractivity contribution is 7.99. The van der Waals surface area contributed by atoms with Gasteiger partial charge in [-0.15, -0.1) is 11.8 Å². The van der Waals surface area contributed by atoms with Crippen LogP contribution >= 0.6 is 11.8 Å². The van der Waals surface area contributed by atoms with Gasteiger partial charge in [-0.2, -0.15) is 5.26 Å². The maximum Gasteiger partial charge on any atom is 0.118 e. The van der Waals surface area contributed by atoms with Crippen LogP contribution in [0.15, 0.2) is 35.4 Å². The third-order valence-electron chi connectivity index (χ3n) is 2.91. The molecule has 102 valence electrons. The molecule has 0 fully saturated rings. The van der Waals surface area contributed by atoms with Gasteiger partial charge in [0, 0.05) is 11.3 Å². The zero-order valence-corrected chi connectivity index (χ0v) is 12.6. The number of nitrogens with zero attached hydrogens (tertiary/aromatic N) is 2. The molecule has 1 aromatic carbocycles. The molecule has 0 spiro atoms. The highest BCUT2D eigenvalue weighted by atomic mass is 32.2. The van der Waals surface area contributed by atoms with E-state index in [1.165, 1.54) is 0 Å². The summed E-state index contributed by atoms with van der Waals surface area (Å²) >= 11 is 1.60. The Morgan fingerprint density at radius 2 is 2.00 bits per heavy atom. The first-order valence-electron chi connectivity index (χ1n) is 6.38. The van der Waals surface area contributed by atoms with Gasteiger partial charge >= 0.3 is 0 Å². The van der Waals surface area contributed by atoms with Gasteiger partial charge in [0.1, 0.15) is 16.8 Å². The van der Waals surface area contributed by atoms with Crippen molar-refractivity contribution >= 4 is 11.8 Å². The molecule has 0 unspecified atom stereocenters. The summed E-state index contributed by atoms with van der Waals surface area (Å²) in [5.41, 5.74) is 3.50. The van der Waals surface area contributed by atoms with Gasteiger partial charge in [-0.25, -0.2) is 4.98 Å². The molecule has 4 heteroatoms. The second kappa shape index (κ2) is 6.44. The van der Waals surface area contributed by atoms with Crippen molar-refractivity contribution in [1.82, 2.24) is 4.98 Å². The maximum absolute atomic E-state index is 9.45. The lowest BCUT2D eigenvalue weighted by Crippen LogP contribution is -1.95. The molecule has 0 saturated heterocycles. The van der Waals surface area contributed by atoms with Crippen LogP contribution in [-0.2, 0) is 0 Å². The number of rotatable bonds is 4. The molecule has 1 heterocycles. The molecule has 0 amide bonds. The zero-order chi connectivity index (χ0) is 14.5. The molecular formula is C16H16N2OS. The van der Waals surface area contributed by atoms with Crippen LogP contribution in [0.1, 0.15) is 18.2 Å². The predicted molar refractivity (Wildman–Crippen MR) is 82.1 cm³/mol. The molecule has 2 rings (SSSR count). The summed E-state index contributed by atoms with van der Waals surface area (Å²) in [7, 11) is 1.64. The van der Waals surface area contributed by atoms with E-state index in [0.29, 0.717) is 5.56 Å². The number of benzene rings is 1. The molecule has 0 N–H and O–H groups in total. The Morgan fingerprint density at radius 3 is 2.55 bits per heavy atom. The minimum Gasteiger partial charge on any atom is -0.497 e. The second-order valence-electron chi connectivity index (χ2n) is 4.26. The van der Waals surface area contributed by atoms with Gasteiger partial charge in [-0.1, -0.05) is 19.1 Å². The van der Waals surface area contributed by atoms with Crippen LogP contribution in [0.3, 0.4) is 0 Å². The van der Waals surface area contributed by atoms with Crippen molar-refractivity contribution in [1.29, 1.82) is 5.26 Å². The smallest absolute Gasteiger partial charge is 0.118 e. The largest absolute Gasteiger partial charge is 0.497 e. The summed E-state index contributed by atoms with van der Waals surface area (Å²) in [6.07, 6.45) is 0. The SMILES string of the molecule is CCSc1nc(C)cc(-c2ccc(OC)cc2)c1C#N. The van der Waals surface area contributed by atoms with E-state index >= 15 is 0 Å². The Balaban J connectivity index is 2.57.